The van der Waals surface area contributed by atoms with Crippen LogP contribution in [-0.4, -0.2) is 72.9 Å². The summed E-state index contributed by atoms with van der Waals surface area (Å²) in [6.07, 6.45) is 16.1. The first-order chi connectivity index (χ1) is 17.2. The van der Waals surface area contributed by atoms with Crippen molar-refractivity contribution in [2.75, 3.05) is 13.2 Å². The van der Waals surface area contributed by atoms with Crippen molar-refractivity contribution in [2.45, 2.75) is 142 Å². The van der Waals surface area contributed by atoms with Crippen LogP contribution in [0.2, 0.25) is 0 Å². The van der Waals surface area contributed by atoms with Crippen molar-refractivity contribution >= 4 is 51.6 Å². The number of hydrogen-bond donors (Lipinski definition) is 1. The third kappa shape index (κ3) is 21.4. The molecule has 0 amide bonds. The number of esters is 2. The Morgan fingerprint density at radius 2 is 1.05 bits per heavy atom. The van der Waals surface area contributed by atoms with Gasteiger partial charge in [0.05, 0.1) is 19.6 Å². The van der Waals surface area contributed by atoms with Crippen LogP contribution in [0, 0.1) is 11.8 Å². The first-order valence-corrected chi connectivity index (χ1v) is 16.0. The number of hydrogen-bond acceptors (Lipinski definition) is 6. The topological polar surface area (TPSA) is 107 Å². The Morgan fingerprint density at radius 1 is 0.649 bits per heavy atom. The van der Waals surface area contributed by atoms with Crippen molar-refractivity contribution in [3.63, 3.8) is 0 Å². The van der Waals surface area contributed by atoms with E-state index in [1.807, 2.05) is 0 Å². The maximum atomic E-state index is 12.6. The molecule has 0 saturated carbocycles. The van der Waals surface area contributed by atoms with Gasteiger partial charge in [-0.2, -0.15) is 8.42 Å². The van der Waals surface area contributed by atoms with Gasteiger partial charge in [0.2, 0.25) is 0 Å². The van der Waals surface area contributed by atoms with Crippen molar-refractivity contribution in [3.05, 3.63) is 0 Å². The number of carbonyl (C=O) groups is 2. The van der Waals surface area contributed by atoms with Crippen LogP contribution in [0.1, 0.15) is 137 Å². The van der Waals surface area contributed by atoms with Crippen molar-refractivity contribution in [2.24, 2.45) is 11.8 Å². The summed E-state index contributed by atoms with van der Waals surface area (Å²) in [5.41, 5.74) is 0. The molecule has 0 aromatic rings. The molecular weight excluding hydrogens is 503 g/mol. The normalized spacial score (nSPS) is 13.9. The maximum Gasteiger partial charge on any atom is 0.327 e. The van der Waals surface area contributed by atoms with Gasteiger partial charge in [0.15, 0.2) is 5.25 Å². The fraction of sp³-hybridized carbons (Fsp3) is 0.929. The molecule has 9 heteroatoms. The molecule has 7 nitrogen and oxygen atoms in total. The Balaban J connectivity index is 0. The number of carbonyl (C=O) groups excluding carboxylic acids is 2. The molecule has 37 heavy (non-hydrogen) atoms. The summed E-state index contributed by atoms with van der Waals surface area (Å²) in [6.45, 7) is 8.82. The zero-order chi connectivity index (χ0) is 27.2. The molecule has 0 spiro atoms. The molecule has 0 aromatic heterocycles. The van der Waals surface area contributed by atoms with Crippen molar-refractivity contribution in [1.82, 2.24) is 0 Å². The Labute approximate surface area is 249 Å². The van der Waals surface area contributed by atoms with Crippen molar-refractivity contribution in [1.29, 1.82) is 0 Å². The van der Waals surface area contributed by atoms with Gasteiger partial charge >= 0.3 is 11.9 Å². The summed E-state index contributed by atoms with van der Waals surface area (Å²) in [4.78, 5) is 25.0. The second-order valence-corrected chi connectivity index (χ2v) is 11.8. The fourth-order valence-electron chi connectivity index (χ4n) is 4.35. The van der Waals surface area contributed by atoms with E-state index in [1.54, 1.807) is 0 Å². The molecule has 0 aliphatic heterocycles. The number of rotatable bonds is 24. The first kappa shape index (κ1) is 39.0. The van der Waals surface area contributed by atoms with Crippen LogP contribution in [0.15, 0.2) is 0 Å². The van der Waals surface area contributed by atoms with E-state index in [2.05, 4.69) is 27.7 Å². The van der Waals surface area contributed by atoms with Gasteiger partial charge in [-0.05, 0) is 37.5 Å². The minimum absolute atomic E-state index is 0. The number of unbranched alkanes of at least 4 members (excludes halogenated alkanes) is 8. The van der Waals surface area contributed by atoms with Crippen LogP contribution < -0.4 is 0 Å². The Bertz CT molecular complexity index is 669. The largest absolute Gasteiger partial charge is 0.465 e. The van der Waals surface area contributed by atoms with E-state index in [1.165, 1.54) is 6.42 Å². The quantitative estimate of drug-likeness (QED) is 0.0596. The summed E-state index contributed by atoms with van der Waals surface area (Å²) >= 11 is 0. The maximum absolute atomic E-state index is 12.6. The van der Waals surface area contributed by atoms with Crippen LogP contribution in [-0.2, 0) is 29.2 Å². The first-order valence-electron chi connectivity index (χ1n) is 14.5. The molecule has 215 valence electrons. The van der Waals surface area contributed by atoms with Gasteiger partial charge in [-0.25, -0.2) is 0 Å². The van der Waals surface area contributed by atoms with Gasteiger partial charge < -0.3 is 9.47 Å². The molecule has 1 radical (unpaired) electrons. The molecule has 0 rings (SSSR count). The summed E-state index contributed by atoms with van der Waals surface area (Å²) in [7, 11) is -4.80. The molecule has 0 heterocycles. The van der Waals surface area contributed by atoms with Gasteiger partial charge in [0, 0.05) is 29.6 Å². The van der Waals surface area contributed by atoms with Crippen LogP contribution >= 0.6 is 0 Å². The molecule has 0 saturated heterocycles. The average Bonchev–Trinajstić information content (AvgIpc) is 2.84. The SMILES string of the molecule is CCCCCCC(CCCC)COC(=O)CC(C(=O)OCC(CCCC)CCCCCC)S(=O)(=O)O.[Na]. The molecule has 0 bridgehead atoms. The second-order valence-electron chi connectivity index (χ2n) is 10.2. The summed E-state index contributed by atoms with van der Waals surface area (Å²) < 4.78 is 44.1. The summed E-state index contributed by atoms with van der Waals surface area (Å²) in [6, 6.07) is 0. The minimum Gasteiger partial charge on any atom is -0.465 e. The van der Waals surface area contributed by atoms with Gasteiger partial charge in [-0.3, -0.25) is 14.1 Å². The monoisotopic (exact) mass is 557 g/mol. The molecular formula is C28H54NaO7S. The van der Waals surface area contributed by atoms with E-state index in [4.69, 9.17) is 9.47 Å². The predicted molar refractivity (Wildman–Crippen MR) is 151 cm³/mol. The fourth-order valence-corrected chi connectivity index (χ4v) is 5.01. The van der Waals surface area contributed by atoms with Crippen LogP contribution in [0.3, 0.4) is 0 Å². The van der Waals surface area contributed by atoms with Crippen molar-refractivity contribution in [3.8, 4) is 0 Å². The summed E-state index contributed by atoms with van der Waals surface area (Å²) in [5.74, 6) is -1.51. The van der Waals surface area contributed by atoms with Gasteiger partial charge in [-0.15, -0.1) is 0 Å². The van der Waals surface area contributed by atoms with Crippen LogP contribution in [0.5, 0.6) is 0 Å². The zero-order valence-electron chi connectivity index (χ0n) is 24.5. The molecule has 0 aliphatic carbocycles. The van der Waals surface area contributed by atoms with E-state index < -0.39 is 33.7 Å². The van der Waals surface area contributed by atoms with Gasteiger partial charge in [0.25, 0.3) is 10.1 Å². The van der Waals surface area contributed by atoms with Crippen LogP contribution in [0.25, 0.3) is 0 Å². The Morgan fingerprint density at radius 3 is 1.46 bits per heavy atom. The summed E-state index contributed by atoms with van der Waals surface area (Å²) in [5, 5.41) is -1.95. The standard InChI is InChI=1S/C28H54O7S.Na/c1-5-9-13-15-19-24(17-11-7-3)22-34-27(29)21-26(36(31,32)33)28(30)35-23-25(18-12-8-4)20-16-14-10-6-2;/h24-26H,5-23H2,1-4H3,(H,31,32,33);. The molecule has 1 N–H and O–H groups in total. The molecule has 0 aromatic carbocycles. The average molecular weight is 558 g/mol. The van der Waals surface area contributed by atoms with E-state index in [0.29, 0.717) is 0 Å². The van der Waals surface area contributed by atoms with E-state index >= 15 is 0 Å². The van der Waals surface area contributed by atoms with Gasteiger partial charge in [-0.1, -0.05) is 105 Å². The third-order valence-corrected chi connectivity index (χ3v) is 7.86. The predicted octanol–water partition coefficient (Wildman–Crippen LogP) is 6.89. The Hall–Kier alpha value is -0.150. The van der Waals surface area contributed by atoms with Crippen molar-refractivity contribution < 1.29 is 32.0 Å². The van der Waals surface area contributed by atoms with E-state index in [9.17, 15) is 22.6 Å². The van der Waals surface area contributed by atoms with Gasteiger partial charge in [0.1, 0.15) is 0 Å². The molecule has 0 fully saturated rings. The Kier molecular flexibility index (Phi) is 26.2. The minimum atomic E-state index is -4.80. The molecule has 3 atom stereocenters. The number of ether oxygens (including phenoxy) is 2. The second kappa shape index (κ2) is 24.9. The molecule has 0 aliphatic rings. The van der Waals surface area contributed by atoms with E-state index in [0.717, 1.165) is 96.3 Å². The zero-order valence-corrected chi connectivity index (χ0v) is 27.3. The van der Waals surface area contributed by atoms with E-state index in [-0.39, 0.29) is 54.6 Å². The van der Waals surface area contributed by atoms with Crippen LogP contribution in [0.4, 0.5) is 0 Å². The molecule has 3 unspecified atom stereocenters. The third-order valence-electron chi connectivity index (χ3n) is 6.78. The smallest absolute Gasteiger partial charge is 0.327 e.